The van der Waals surface area contributed by atoms with Gasteiger partial charge in [0.2, 0.25) is 5.91 Å². The van der Waals surface area contributed by atoms with E-state index in [-0.39, 0.29) is 11.8 Å². The zero-order valence-electron chi connectivity index (χ0n) is 16.7. The molecule has 0 atom stereocenters. The van der Waals surface area contributed by atoms with Crippen molar-refractivity contribution in [3.8, 4) is 11.3 Å². The van der Waals surface area contributed by atoms with Crippen molar-refractivity contribution in [1.29, 1.82) is 0 Å². The molecule has 29 heavy (non-hydrogen) atoms. The van der Waals surface area contributed by atoms with E-state index in [0.717, 1.165) is 55.1 Å². The Morgan fingerprint density at radius 3 is 2.31 bits per heavy atom. The minimum absolute atomic E-state index is 0.0358. The van der Waals surface area contributed by atoms with E-state index in [4.69, 9.17) is 0 Å². The average molecular weight is 386 g/mol. The second-order valence-corrected chi connectivity index (χ2v) is 7.44. The molecule has 0 unspecified atom stereocenters. The van der Waals surface area contributed by atoms with E-state index in [2.05, 4.69) is 39.5 Å². The maximum absolute atomic E-state index is 12.6. The fourth-order valence-electron chi connectivity index (χ4n) is 3.70. The van der Waals surface area contributed by atoms with Crippen LogP contribution in [0.1, 0.15) is 25.3 Å². The summed E-state index contributed by atoms with van der Waals surface area (Å²) in [5.74, 6) is 1.02. The topological polar surface area (TPSA) is 58.1 Å². The van der Waals surface area contributed by atoms with Gasteiger partial charge in [-0.2, -0.15) is 0 Å². The van der Waals surface area contributed by atoms with Crippen LogP contribution in [0, 0.1) is 5.92 Å². The lowest BCUT2D eigenvalue weighted by molar-refractivity contribution is -0.120. The van der Waals surface area contributed by atoms with Gasteiger partial charge in [-0.25, -0.2) is 0 Å². The summed E-state index contributed by atoms with van der Waals surface area (Å²) in [5.41, 5.74) is 4.08. The molecule has 1 fully saturated rings. The number of aromatic nitrogens is 2. The van der Waals surface area contributed by atoms with Crippen LogP contribution in [0.4, 0.5) is 11.5 Å². The molecule has 0 aliphatic carbocycles. The highest BCUT2D eigenvalue weighted by molar-refractivity contribution is 5.92. The number of amides is 1. The van der Waals surface area contributed by atoms with Gasteiger partial charge in [0.05, 0.1) is 5.69 Å². The standard InChI is InChI=1S/C24H26N4O/c1-2-18-8-10-21(11-9-18)25-24(29)20-14-16-28(17-15-20)23-13-12-22(26-27-23)19-6-4-3-5-7-19/h3-13,20H,2,14-17H2,1H3,(H,25,29). The van der Waals surface area contributed by atoms with E-state index in [1.54, 1.807) is 0 Å². The molecule has 5 nitrogen and oxygen atoms in total. The quantitative estimate of drug-likeness (QED) is 0.698. The third-order valence-corrected chi connectivity index (χ3v) is 5.54. The lowest BCUT2D eigenvalue weighted by Gasteiger charge is -2.31. The molecule has 1 aliphatic heterocycles. The summed E-state index contributed by atoms with van der Waals surface area (Å²) in [4.78, 5) is 14.8. The Hall–Kier alpha value is -3.21. The molecule has 2 heterocycles. The molecule has 2 aromatic carbocycles. The Kier molecular flexibility index (Phi) is 5.84. The molecular formula is C24H26N4O. The molecule has 4 rings (SSSR count). The van der Waals surface area contributed by atoms with Gasteiger partial charge in [0.15, 0.2) is 5.82 Å². The third-order valence-electron chi connectivity index (χ3n) is 5.54. The molecule has 1 aromatic heterocycles. The maximum Gasteiger partial charge on any atom is 0.227 e. The second-order valence-electron chi connectivity index (χ2n) is 7.44. The van der Waals surface area contributed by atoms with E-state index in [1.165, 1.54) is 5.56 Å². The van der Waals surface area contributed by atoms with E-state index < -0.39 is 0 Å². The summed E-state index contributed by atoms with van der Waals surface area (Å²) < 4.78 is 0. The average Bonchev–Trinajstić information content (AvgIpc) is 2.80. The number of piperidine rings is 1. The molecule has 0 spiro atoms. The number of nitrogens with zero attached hydrogens (tertiary/aromatic N) is 3. The first-order valence-corrected chi connectivity index (χ1v) is 10.3. The van der Waals surface area contributed by atoms with Gasteiger partial charge in [-0.15, -0.1) is 10.2 Å². The van der Waals surface area contributed by atoms with E-state index in [9.17, 15) is 4.79 Å². The van der Waals surface area contributed by atoms with E-state index >= 15 is 0 Å². The molecule has 148 valence electrons. The number of rotatable bonds is 5. The van der Waals surface area contributed by atoms with Crippen LogP contribution in [0.5, 0.6) is 0 Å². The van der Waals surface area contributed by atoms with Crippen LogP contribution in [-0.2, 0) is 11.2 Å². The first-order valence-electron chi connectivity index (χ1n) is 10.3. The monoisotopic (exact) mass is 386 g/mol. The number of carbonyl (C=O) groups excluding carboxylic acids is 1. The summed E-state index contributed by atoms with van der Waals surface area (Å²) in [6.07, 6.45) is 2.64. The van der Waals surface area contributed by atoms with Crippen molar-refractivity contribution in [3.63, 3.8) is 0 Å². The molecule has 1 N–H and O–H groups in total. The van der Waals surface area contributed by atoms with Crippen molar-refractivity contribution < 1.29 is 4.79 Å². The predicted octanol–water partition coefficient (Wildman–Crippen LogP) is 4.56. The molecule has 0 saturated carbocycles. The van der Waals surface area contributed by atoms with Gasteiger partial charge in [-0.3, -0.25) is 4.79 Å². The molecule has 1 aliphatic rings. The zero-order chi connectivity index (χ0) is 20.1. The van der Waals surface area contributed by atoms with Crippen molar-refractivity contribution in [2.75, 3.05) is 23.3 Å². The van der Waals surface area contributed by atoms with Gasteiger partial charge < -0.3 is 10.2 Å². The molecule has 0 radical (unpaired) electrons. The highest BCUT2D eigenvalue weighted by Crippen LogP contribution is 2.24. The third kappa shape index (κ3) is 4.62. The van der Waals surface area contributed by atoms with Crippen LogP contribution < -0.4 is 10.2 Å². The van der Waals surface area contributed by atoms with Crippen LogP contribution >= 0.6 is 0 Å². The van der Waals surface area contributed by atoms with Crippen molar-refractivity contribution in [2.45, 2.75) is 26.2 Å². The van der Waals surface area contributed by atoms with Crippen LogP contribution in [0.3, 0.4) is 0 Å². The molecular weight excluding hydrogens is 360 g/mol. The summed E-state index contributed by atoms with van der Waals surface area (Å²) in [6.45, 7) is 3.75. The summed E-state index contributed by atoms with van der Waals surface area (Å²) >= 11 is 0. The van der Waals surface area contributed by atoms with Crippen LogP contribution in [0.25, 0.3) is 11.3 Å². The zero-order valence-corrected chi connectivity index (χ0v) is 16.7. The van der Waals surface area contributed by atoms with Crippen LogP contribution in [-0.4, -0.2) is 29.2 Å². The minimum atomic E-state index is 0.0358. The van der Waals surface area contributed by atoms with Gasteiger partial charge >= 0.3 is 0 Å². The summed E-state index contributed by atoms with van der Waals surface area (Å²) in [7, 11) is 0. The van der Waals surface area contributed by atoms with Crippen molar-refractivity contribution in [2.24, 2.45) is 5.92 Å². The molecule has 3 aromatic rings. The largest absolute Gasteiger partial charge is 0.355 e. The second kappa shape index (κ2) is 8.86. The fraction of sp³-hybridized carbons (Fsp3) is 0.292. The van der Waals surface area contributed by atoms with Gasteiger partial charge in [0.1, 0.15) is 0 Å². The van der Waals surface area contributed by atoms with Crippen molar-refractivity contribution in [1.82, 2.24) is 10.2 Å². The predicted molar refractivity (Wildman–Crippen MR) is 117 cm³/mol. The highest BCUT2D eigenvalue weighted by atomic mass is 16.1. The van der Waals surface area contributed by atoms with E-state index in [0.29, 0.717) is 0 Å². The molecule has 1 amide bonds. The first kappa shape index (κ1) is 19.1. The Labute approximate surface area is 171 Å². The van der Waals surface area contributed by atoms with Gasteiger partial charge in [0.25, 0.3) is 0 Å². The normalized spacial score (nSPS) is 14.6. The number of aryl methyl sites for hydroxylation is 1. The highest BCUT2D eigenvalue weighted by Gasteiger charge is 2.25. The Balaban J connectivity index is 1.32. The van der Waals surface area contributed by atoms with Crippen molar-refractivity contribution in [3.05, 3.63) is 72.3 Å². The van der Waals surface area contributed by atoms with Gasteiger partial charge in [-0.1, -0.05) is 49.4 Å². The lowest BCUT2D eigenvalue weighted by atomic mass is 9.95. The van der Waals surface area contributed by atoms with Gasteiger partial charge in [0, 0.05) is 30.3 Å². The Morgan fingerprint density at radius 1 is 0.966 bits per heavy atom. The fourth-order valence-corrected chi connectivity index (χ4v) is 3.70. The summed E-state index contributed by atoms with van der Waals surface area (Å²) in [5, 5.41) is 11.8. The van der Waals surface area contributed by atoms with Crippen LogP contribution in [0.2, 0.25) is 0 Å². The lowest BCUT2D eigenvalue weighted by Crippen LogP contribution is -2.38. The minimum Gasteiger partial charge on any atom is -0.355 e. The number of hydrogen-bond acceptors (Lipinski definition) is 4. The number of hydrogen-bond donors (Lipinski definition) is 1. The number of carbonyl (C=O) groups is 1. The van der Waals surface area contributed by atoms with Crippen LogP contribution in [0.15, 0.2) is 66.7 Å². The SMILES string of the molecule is CCc1ccc(NC(=O)C2CCN(c3ccc(-c4ccccc4)nn3)CC2)cc1. The number of nitrogens with one attached hydrogen (secondary N) is 1. The van der Waals surface area contributed by atoms with Crippen molar-refractivity contribution >= 4 is 17.4 Å². The maximum atomic E-state index is 12.6. The molecule has 0 bridgehead atoms. The number of benzene rings is 2. The summed E-state index contributed by atoms with van der Waals surface area (Å²) in [6, 6.07) is 22.2. The smallest absolute Gasteiger partial charge is 0.227 e. The first-order chi connectivity index (χ1) is 14.2. The van der Waals surface area contributed by atoms with E-state index in [1.807, 2.05) is 54.6 Å². The molecule has 5 heteroatoms. The van der Waals surface area contributed by atoms with Gasteiger partial charge in [-0.05, 0) is 49.1 Å². The number of anilines is 2. The Morgan fingerprint density at radius 2 is 1.69 bits per heavy atom. The Bertz CT molecular complexity index is 931. The molecule has 1 saturated heterocycles.